The van der Waals surface area contributed by atoms with Gasteiger partial charge in [0.2, 0.25) is 10.0 Å². The highest BCUT2D eigenvalue weighted by molar-refractivity contribution is 7.89. The van der Waals surface area contributed by atoms with E-state index in [0.29, 0.717) is 18.0 Å². The van der Waals surface area contributed by atoms with Gasteiger partial charge in [-0.3, -0.25) is 4.79 Å². The summed E-state index contributed by atoms with van der Waals surface area (Å²) in [6.45, 7) is 2.31. The fourth-order valence-corrected chi connectivity index (χ4v) is 3.34. The fraction of sp³-hybridized carbons (Fsp3) is 0.278. The van der Waals surface area contributed by atoms with E-state index in [1.807, 2.05) is 6.92 Å². The number of carbonyl (C=O) groups is 1. The molecular weight excluding hydrogens is 356 g/mol. The van der Waals surface area contributed by atoms with Gasteiger partial charge in [-0.2, -0.15) is 0 Å². The van der Waals surface area contributed by atoms with Gasteiger partial charge in [-0.05, 0) is 37.3 Å². The Morgan fingerprint density at radius 2 is 1.81 bits per heavy atom. The zero-order valence-electron chi connectivity index (χ0n) is 15.1. The van der Waals surface area contributed by atoms with Gasteiger partial charge in [0.05, 0.1) is 19.4 Å². The molecule has 0 unspecified atom stereocenters. The van der Waals surface area contributed by atoms with Crippen molar-refractivity contribution in [3.05, 3.63) is 48.0 Å². The summed E-state index contributed by atoms with van der Waals surface area (Å²) in [4.78, 5) is 12.5. The van der Waals surface area contributed by atoms with Crippen LogP contribution in [0, 0.1) is 0 Å². The van der Waals surface area contributed by atoms with E-state index in [4.69, 9.17) is 9.47 Å². The Labute approximate surface area is 153 Å². The average Bonchev–Trinajstić information content (AvgIpc) is 2.62. The molecule has 2 rings (SSSR count). The summed E-state index contributed by atoms with van der Waals surface area (Å²) in [5.74, 6) is 0.262. The Bertz CT molecular complexity index is 894. The molecule has 0 aliphatic rings. The van der Waals surface area contributed by atoms with Gasteiger partial charge in [0.1, 0.15) is 16.4 Å². The molecule has 0 spiro atoms. The summed E-state index contributed by atoms with van der Waals surface area (Å²) in [7, 11) is 0.448. The maximum atomic E-state index is 12.6. The van der Waals surface area contributed by atoms with Crippen molar-refractivity contribution in [3.63, 3.8) is 0 Å². The van der Waals surface area contributed by atoms with Gasteiger partial charge in [0.25, 0.3) is 5.91 Å². The van der Waals surface area contributed by atoms with Gasteiger partial charge >= 0.3 is 0 Å². The number of hydrogen-bond acceptors (Lipinski definition) is 5. The van der Waals surface area contributed by atoms with Crippen LogP contribution in [0.4, 0.5) is 5.69 Å². The van der Waals surface area contributed by atoms with Crippen LogP contribution in [0.3, 0.4) is 0 Å². The minimum Gasteiger partial charge on any atom is -0.495 e. The van der Waals surface area contributed by atoms with E-state index in [9.17, 15) is 13.2 Å². The summed E-state index contributed by atoms with van der Waals surface area (Å²) in [5, 5.41) is 2.74. The van der Waals surface area contributed by atoms with Gasteiger partial charge in [0.15, 0.2) is 0 Å². The number of benzene rings is 2. The van der Waals surface area contributed by atoms with Crippen molar-refractivity contribution < 1.29 is 22.7 Å². The highest BCUT2D eigenvalue weighted by atomic mass is 32.2. The lowest BCUT2D eigenvalue weighted by Crippen LogP contribution is -2.23. The minimum atomic E-state index is -3.76. The lowest BCUT2D eigenvalue weighted by Gasteiger charge is -2.16. The molecule has 2 aromatic carbocycles. The molecule has 0 aliphatic heterocycles. The van der Waals surface area contributed by atoms with Crippen molar-refractivity contribution in [2.45, 2.75) is 11.8 Å². The molecule has 8 heteroatoms. The summed E-state index contributed by atoms with van der Waals surface area (Å²) in [5.41, 5.74) is 0.699. The molecule has 0 aromatic heterocycles. The predicted octanol–water partition coefficient (Wildman–Crippen LogP) is 2.60. The van der Waals surface area contributed by atoms with Crippen LogP contribution in [0.5, 0.6) is 11.5 Å². The van der Waals surface area contributed by atoms with Crippen LogP contribution in [0.1, 0.15) is 17.3 Å². The molecule has 2 aromatic rings. The first-order valence-electron chi connectivity index (χ1n) is 7.95. The predicted molar refractivity (Wildman–Crippen MR) is 99.4 cm³/mol. The smallest absolute Gasteiger partial charge is 0.255 e. The maximum Gasteiger partial charge on any atom is 0.255 e. The van der Waals surface area contributed by atoms with E-state index in [0.717, 1.165) is 4.31 Å². The molecule has 0 saturated heterocycles. The van der Waals surface area contributed by atoms with Crippen molar-refractivity contribution in [1.82, 2.24) is 4.31 Å². The van der Waals surface area contributed by atoms with Crippen LogP contribution in [0.25, 0.3) is 0 Å². The number of anilines is 1. The van der Waals surface area contributed by atoms with Gasteiger partial charge in [0, 0.05) is 19.7 Å². The van der Waals surface area contributed by atoms with E-state index in [1.165, 1.54) is 39.4 Å². The van der Waals surface area contributed by atoms with Gasteiger partial charge in [-0.25, -0.2) is 12.7 Å². The summed E-state index contributed by atoms with van der Waals surface area (Å²) in [6.07, 6.45) is 0. The van der Waals surface area contributed by atoms with Gasteiger partial charge < -0.3 is 14.8 Å². The van der Waals surface area contributed by atoms with E-state index >= 15 is 0 Å². The third-order valence-corrected chi connectivity index (χ3v) is 5.46. The van der Waals surface area contributed by atoms with Crippen LogP contribution < -0.4 is 14.8 Å². The Morgan fingerprint density at radius 3 is 2.42 bits per heavy atom. The topological polar surface area (TPSA) is 84.9 Å². The zero-order chi connectivity index (χ0) is 19.3. The van der Waals surface area contributed by atoms with E-state index < -0.39 is 15.9 Å². The number of sulfonamides is 1. The first kappa shape index (κ1) is 19.7. The van der Waals surface area contributed by atoms with Crippen LogP contribution in [-0.4, -0.2) is 46.4 Å². The molecule has 1 N–H and O–H groups in total. The van der Waals surface area contributed by atoms with Gasteiger partial charge in [-0.1, -0.05) is 12.1 Å². The van der Waals surface area contributed by atoms with E-state index in [-0.39, 0.29) is 16.2 Å². The number of ether oxygens (including phenoxy) is 2. The number of methoxy groups -OCH3 is 1. The maximum absolute atomic E-state index is 12.6. The monoisotopic (exact) mass is 378 g/mol. The van der Waals surface area contributed by atoms with Crippen molar-refractivity contribution >= 4 is 21.6 Å². The van der Waals surface area contributed by atoms with Gasteiger partial charge in [-0.15, -0.1) is 0 Å². The summed E-state index contributed by atoms with van der Waals surface area (Å²) < 4.78 is 36.6. The molecule has 26 heavy (non-hydrogen) atoms. The Hall–Kier alpha value is -2.58. The molecule has 0 fully saturated rings. The average molecular weight is 378 g/mol. The Kier molecular flexibility index (Phi) is 6.23. The standard InChI is InChI=1S/C18H22N2O5S/c1-5-25-15-9-7-6-8-14(15)19-18(21)13-10-11-16(24-4)17(12-13)26(22,23)20(2)3/h6-12H,5H2,1-4H3,(H,19,21). The number of nitrogens with zero attached hydrogens (tertiary/aromatic N) is 1. The highest BCUT2D eigenvalue weighted by Gasteiger charge is 2.24. The second-order valence-corrected chi connectivity index (χ2v) is 7.66. The fourth-order valence-electron chi connectivity index (χ4n) is 2.26. The molecule has 0 radical (unpaired) electrons. The molecule has 0 atom stereocenters. The molecule has 0 bridgehead atoms. The van der Waals surface area contributed by atoms with Crippen molar-refractivity contribution in [2.75, 3.05) is 33.1 Å². The molecule has 0 aliphatic carbocycles. The number of carbonyl (C=O) groups excluding carboxylic acids is 1. The van der Waals surface area contributed by atoms with E-state index in [1.54, 1.807) is 24.3 Å². The lowest BCUT2D eigenvalue weighted by atomic mass is 10.2. The Balaban J connectivity index is 2.39. The third-order valence-electron chi connectivity index (χ3n) is 3.62. The number of para-hydroxylation sites is 2. The van der Waals surface area contributed by atoms with Crippen molar-refractivity contribution in [1.29, 1.82) is 0 Å². The first-order chi connectivity index (χ1) is 12.3. The van der Waals surface area contributed by atoms with Crippen molar-refractivity contribution in [2.24, 2.45) is 0 Å². The van der Waals surface area contributed by atoms with Crippen LogP contribution in [-0.2, 0) is 10.0 Å². The lowest BCUT2D eigenvalue weighted by molar-refractivity contribution is 0.102. The second kappa shape index (κ2) is 8.20. The van der Waals surface area contributed by atoms with E-state index in [2.05, 4.69) is 5.32 Å². The summed E-state index contributed by atoms with van der Waals surface area (Å²) >= 11 is 0. The quantitative estimate of drug-likeness (QED) is 0.800. The van der Waals surface area contributed by atoms with Crippen molar-refractivity contribution in [3.8, 4) is 11.5 Å². The molecule has 7 nitrogen and oxygen atoms in total. The molecular formula is C18H22N2O5S. The number of nitrogens with one attached hydrogen (secondary N) is 1. The summed E-state index contributed by atoms with van der Waals surface area (Å²) in [6, 6.07) is 11.3. The SMILES string of the molecule is CCOc1ccccc1NC(=O)c1ccc(OC)c(S(=O)(=O)N(C)C)c1. The highest BCUT2D eigenvalue weighted by Crippen LogP contribution is 2.28. The molecule has 0 saturated carbocycles. The second-order valence-electron chi connectivity index (χ2n) is 5.54. The third kappa shape index (κ3) is 4.14. The minimum absolute atomic E-state index is 0.0734. The normalized spacial score (nSPS) is 11.3. The zero-order valence-corrected chi connectivity index (χ0v) is 16.0. The molecule has 0 heterocycles. The van der Waals surface area contributed by atoms with Crippen LogP contribution in [0.15, 0.2) is 47.4 Å². The van der Waals surface area contributed by atoms with Crippen LogP contribution in [0.2, 0.25) is 0 Å². The number of rotatable bonds is 7. The first-order valence-corrected chi connectivity index (χ1v) is 9.39. The Morgan fingerprint density at radius 1 is 1.12 bits per heavy atom. The van der Waals surface area contributed by atoms with Crippen LogP contribution >= 0.6 is 0 Å². The molecule has 1 amide bonds. The largest absolute Gasteiger partial charge is 0.495 e. The molecule has 140 valence electrons. The number of amides is 1. The number of hydrogen-bond donors (Lipinski definition) is 1.